The van der Waals surface area contributed by atoms with Crippen molar-refractivity contribution in [2.24, 2.45) is 0 Å². The van der Waals surface area contributed by atoms with Crippen LogP contribution in [0.2, 0.25) is 0 Å². The minimum atomic E-state index is -0.479. The predicted octanol–water partition coefficient (Wildman–Crippen LogP) is 2.44. The number of fused-ring (bicyclic) bond motifs is 1. The topological polar surface area (TPSA) is 93.0 Å². The van der Waals surface area contributed by atoms with Crippen LogP contribution in [0.25, 0.3) is 5.69 Å². The molecule has 0 spiro atoms. The lowest BCUT2D eigenvalue weighted by molar-refractivity contribution is -0.121. The summed E-state index contributed by atoms with van der Waals surface area (Å²) in [5.41, 5.74) is 3.21. The largest absolute Gasteiger partial charge is 0.323 e. The van der Waals surface area contributed by atoms with E-state index < -0.39 is 5.25 Å². The molecule has 3 aromatic rings. The number of nitrogens with one attached hydrogen (secondary N) is 1. The van der Waals surface area contributed by atoms with Gasteiger partial charge in [0.05, 0.1) is 22.3 Å². The fraction of sp³-hybridized carbons (Fsp3) is 0.211. The van der Waals surface area contributed by atoms with Gasteiger partial charge in [0.25, 0.3) is 0 Å². The molecule has 142 valence electrons. The van der Waals surface area contributed by atoms with Gasteiger partial charge in [0.15, 0.2) is 0 Å². The molecule has 1 aliphatic rings. The van der Waals surface area contributed by atoms with Gasteiger partial charge in [-0.15, -0.1) is 5.10 Å². The molecule has 0 aliphatic carbocycles. The van der Waals surface area contributed by atoms with Crippen LogP contribution in [0.3, 0.4) is 0 Å². The molecule has 1 N–H and O–H groups in total. The van der Waals surface area contributed by atoms with Gasteiger partial charge in [0, 0.05) is 0 Å². The maximum absolute atomic E-state index is 13.1. The van der Waals surface area contributed by atoms with E-state index in [4.69, 9.17) is 0 Å². The Balaban J connectivity index is 1.58. The van der Waals surface area contributed by atoms with Crippen molar-refractivity contribution in [1.82, 2.24) is 20.2 Å². The molecule has 9 heteroatoms. The smallest absolute Gasteiger partial charge is 0.244 e. The van der Waals surface area contributed by atoms with Gasteiger partial charge in [-0.05, 0) is 48.0 Å². The van der Waals surface area contributed by atoms with E-state index in [1.807, 2.05) is 49.4 Å². The lowest BCUT2D eigenvalue weighted by Gasteiger charge is -2.30. The molecule has 0 bridgehead atoms. The number of carbonyl (C=O) groups is 2. The van der Waals surface area contributed by atoms with Gasteiger partial charge in [-0.1, -0.05) is 42.1 Å². The van der Waals surface area contributed by atoms with Crippen LogP contribution in [0.5, 0.6) is 0 Å². The van der Waals surface area contributed by atoms with Gasteiger partial charge in [0.2, 0.25) is 17.0 Å². The molecule has 2 heterocycles. The zero-order chi connectivity index (χ0) is 19.7. The maximum atomic E-state index is 13.1. The Morgan fingerprint density at radius 1 is 1.14 bits per heavy atom. The highest BCUT2D eigenvalue weighted by molar-refractivity contribution is 8.00. The number of rotatable bonds is 4. The van der Waals surface area contributed by atoms with Gasteiger partial charge in [0.1, 0.15) is 6.54 Å². The molecular formula is C19H18N6O2S. The van der Waals surface area contributed by atoms with Crippen LogP contribution in [0.15, 0.2) is 53.7 Å². The number of hydrogen-bond donors (Lipinski definition) is 1. The Bertz CT molecular complexity index is 1050. The highest BCUT2D eigenvalue weighted by atomic mass is 32.2. The molecule has 0 saturated carbocycles. The van der Waals surface area contributed by atoms with E-state index >= 15 is 0 Å². The van der Waals surface area contributed by atoms with Crippen molar-refractivity contribution < 1.29 is 9.59 Å². The van der Waals surface area contributed by atoms with E-state index in [2.05, 4.69) is 20.8 Å². The molecule has 0 unspecified atom stereocenters. The summed E-state index contributed by atoms with van der Waals surface area (Å²) >= 11 is 1.26. The van der Waals surface area contributed by atoms with E-state index in [9.17, 15) is 9.59 Å². The van der Waals surface area contributed by atoms with E-state index in [-0.39, 0.29) is 18.4 Å². The third-order valence-electron chi connectivity index (χ3n) is 4.45. The van der Waals surface area contributed by atoms with Crippen LogP contribution in [0.1, 0.15) is 12.5 Å². The van der Waals surface area contributed by atoms with Crippen molar-refractivity contribution in [3.05, 3.63) is 54.1 Å². The summed E-state index contributed by atoms with van der Waals surface area (Å²) in [7, 11) is 0. The number of aromatic nitrogens is 4. The molecule has 0 saturated heterocycles. The van der Waals surface area contributed by atoms with Gasteiger partial charge >= 0.3 is 0 Å². The summed E-state index contributed by atoms with van der Waals surface area (Å²) in [6.07, 6.45) is 0. The van der Waals surface area contributed by atoms with Gasteiger partial charge < -0.3 is 5.32 Å². The Morgan fingerprint density at radius 2 is 1.86 bits per heavy atom. The average Bonchev–Trinajstić information content (AvgIpc) is 3.14. The minimum Gasteiger partial charge on any atom is -0.323 e. The van der Waals surface area contributed by atoms with E-state index in [0.29, 0.717) is 16.5 Å². The molecule has 2 amide bonds. The van der Waals surface area contributed by atoms with E-state index in [1.165, 1.54) is 16.7 Å². The maximum Gasteiger partial charge on any atom is 0.244 e. The van der Waals surface area contributed by atoms with Crippen LogP contribution in [0, 0.1) is 6.92 Å². The van der Waals surface area contributed by atoms with Gasteiger partial charge in [-0.25, -0.2) is 0 Å². The molecule has 1 atom stereocenters. The quantitative estimate of drug-likeness (QED) is 0.683. The normalized spacial score (nSPS) is 14.4. The number of hydrogen-bond acceptors (Lipinski definition) is 6. The second-order valence-electron chi connectivity index (χ2n) is 6.41. The van der Waals surface area contributed by atoms with Gasteiger partial charge in [-0.2, -0.15) is 4.68 Å². The lowest BCUT2D eigenvalue weighted by atomic mass is 10.2. The van der Waals surface area contributed by atoms with E-state index in [0.717, 1.165) is 11.3 Å². The Morgan fingerprint density at radius 3 is 2.64 bits per heavy atom. The van der Waals surface area contributed by atoms with Crippen molar-refractivity contribution in [2.45, 2.75) is 24.3 Å². The number of aryl methyl sites for hydroxylation is 1. The summed E-state index contributed by atoms with van der Waals surface area (Å²) in [5.74, 6) is -0.388. The third kappa shape index (κ3) is 3.36. The standard InChI is InChI=1S/C19H18N6O2S/c1-12-7-3-5-9-15(12)25-19(21-22-23-25)28-13(2)18(27)24-11-17(26)20-14-8-4-6-10-16(14)24/h3-10,13H,11H2,1-2H3,(H,20,26)/t13-/m1/s1. The van der Waals surface area contributed by atoms with Crippen molar-refractivity contribution in [3.8, 4) is 5.69 Å². The number of para-hydroxylation sites is 3. The van der Waals surface area contributed by atoms with Crippen LogP contribution >= 0.6 is 11.8 Å². The fourth-order valence-corrected chi connectivity index (χ4v) is 3.93. The SMILES string of the molecule is Cc1ccccc1-n1nnnc1S[C@H](C)C(=O)N1CC(=O)Nc2ccccc21. The third-order valence-corrected chi connectivity index (χ3v) is 5.47. The zero-order valence-corrected chi connectivity index (χ0v) is 16.2. The fourth-order valence-electron chi connectivity index (χ4n) is 3.06. The molecule has 28 heavy (non-hydrogen) atoms. The second-order valence-corrected chi connectivity index (χ2v) is 7.72. The highest BCUT2D eigenvalue weighted by Crippen LogP contribution is 2.32. The van der Waals surface area contributed by atoms with Crippen LogP contribution in [-0.2, 0) is 9.59 Å². The number of amides is 2. The molecule has 4 rings (SSSR count). The first-order valence-electron chi connectivity index (χ1n) is 8.76. The van der Waals surface area contributed by atoms with Gasteiger partial charge in [-0.3, -0.25) is 14.5 Å². The van der Waals surface area contributed by atoms with E-state index in [1.54, 1.807) is 17.7 Å². The monoisotopic (exact) mass is 394 g/mol. The number of anilines is 2. The molecule has 0 fully saturated rings. The highest BCUT2D eigenvalue weighted by Gasteiger charge is 2.31. The van der Waals surface area contributed by atoms with Crippen LogP contribution < -0.4 is 10.2 Å². The van der Waals surface area contributed by atoms with Crippen molar-refractivity contribution >= 4 is 35.0 Å². The van der Waals surface area contributed by atoms with Crippen LogP contribution in [0.4, 0.5) is 11.4 Å². The summed E-state index contributed by atoms with van der Waals surface area (Å²) in [6.45, 7) is 3.76. The Labute approximate surface area is 165 Å². The number of carbonyl (C=O) groups excluding carboxylic acids is 2. The number of benzene rings is 2. The lowest BCUT2D eigenvalue weighted by Crippen LogP contribution is -2.45. The summed E-state index contributed by atoms with van der Waals surface area (Å²) in [5, 5.41) is 14.7. The average molecular weight is 394 g/mol. The zero-order valence-electron chi connectivity index (χ0n) is 15.4. The molecule has 1 aliphatic heterocycles. The van der Waals surface area contributed by atoms with Crippen molar-refractivity contribution in [3.63, 3.8) is 0 Å². The molecular weight excluding hydrogens is 376 g/mol. The summed E-state index contributed by atoms with van der Waals surface area (Å²) in [6, 6.07) is 15.0. The summed E-state index contributed by atoms with van der Waals surface area (Å²) < 4.78 is 1.63. The predicted molar refractivity (Wildman–Crippen MR) is 107 cm³/mol. The first-order chi connectivity index (χ1) is 13.5. The summed E-state index contributed by atoms with van der Waals surface area (Å²) in [4.78, 5) is 26.6. The van der Waals surface area contributed by atoms with Crippen molar-refractivity contribution in [1.29, 1.82) is 0 Å². The molecule has 8 nitrogen and oxygen atoms in total. The minimum absolute atomic E-state index is 0.0104. The molecule has 1 aromatic heterocycles. The molecule has 2 aromatic carbocycles. The van der Waals surface area contributed by atoms with Crippen LogP contribution in [-0.4, -0.2) is 43.8 Å². The number of tetrazole rings is 1. The Kier molecular flexibility index (Phi) is 4.82. The van der Waals surface area contributed by atoms with Crippen molar-refractivity contribution in [2.75, 3.05) is 16.8 Å². The number of nitrogens with zero attached hydrogens (tertiary/aromatic N) is 5. The second kappa shape index (κ2) is 7.43. The first-order valence-corrected chi connectivity index (χ1v) is 9.64. The Hall–Kier alpha value is -3.20. The number of thioether (sulfide) groups is 1. The molecule has 0 radical (unpaired) electrons. The first kappa shape index (κ1) is 18.2.